The molecule has 0 amide bonds. The Morgan fingerprint density at radius 2 is 1.92 bits per heavy atom. The van der Waals surface area contributed by atoms with Gasteiger partial charge in [0.25, 0.3) is 0 Å². The number of ether oxygens (including phenoxy) is 1. The minimum Gasteiger partial charge on any atom is -0.497 e. The maximum absolute atomic E-state index is 14.1. The third kappa shape index (κ3) is 4.81. The Morgan fingerprint density at radius 3 is 2.65 bits per heavy atom. The van der Waals surface area contributed by atoms with Gasteiger partial charge in [0.1, 0.15) is 11.6 Å². The van der Waals surface area contributed by atoms with Crippen molar-refractivity contribution in [2.75, 3.05) is 33.4 Å². The lowest BCUT2D eigenvalue weighted by Gasteiger charge is -2.41. The summed E-state index contributed by atoms with van der Waals surface area (Å²) in [7, 11) is 1.59. The normalized spacial score (nSPS) is 18.8. The summed E-state index contributed by atoms with van der Waals surface area (Å²) in [6, 6.07) is 15.5. The van der Waals surface area contributed by atoms with Crippen molar-refractivity contribution in [1.29, 1.82) is 0 Å². The SMILES string of the molecule is COc1ccc(F)c(CN2CCN(Cc3ccccc3)C(CCO)C2)c1. The number of halogens is 1. The number of benzene rings is 2. The monoisotopic (exact) mass is 358 g/mol. The Morgan fingerprint density at radius 1 is 1.12 bits per heavy atom. The van der Waals surface area contributed by atoms with Crippen LogP contribution in [0.15, 0.2) is 48.5 Å². The van der Waals surface area contributed by atoms with Crippen LogP contribution in [0.5, 0.6) is 5.75 Å². The molecule has 0 bridgehead atoms. The second-order valence-electron chi connectivity index (χ2n) is 6.81. The standard InChI is InChI=1S/C21H27FN2O2/c1-26-20-7-8-21(22)18(13-20)15-23-10-11-24(19(16-23)9-12-25)14-17-5-3-2-4-6-17/h2-8,13,19,25H,9-12,14-16H2,1H3. The average molecular weight is 358 g/mol. The molecular weight excluding hydrogens is 331 g/mol. The lowest BCUT2D eigenvalue weighted by Crippen LogP contribution is -2.52. The van der Waals surface area contributed by atoms with Gasteiger partial charge in [-0.05, 0) is 30.2 Å². The van der Waals surface area contributed by atoms with E-state index in [-0.39, 0.29) is 18.5 Å². The van der Waals surface area contributed by atoms with Gasteiger partial charge in [-0.2, -0.15) is 0 Å². The number of hydrogen-bond donors (Lipinski definition) is 1. The van der Waals surface area contributed by atoms with Crippen LogP contribution < -0.4 is 4.74 Å². The summed E-state index contributed by atoms with van der Waals surface area (Å²) < 4.78 is 19.4. The highest BCUT2D eigenvalue weighted by Crippen LogP contribution is 2.22. The molecule has 1 heterocycles. The second-order valence-corrected chi connectivity index (χ2v) is 6.81. The lowest BCUT2D eigenvalue weighted by molar-refractivity contribution is 0.0494. The topological polar surface area (TPSA) is 35.9 Å². The van der Waals surface area contributed by atoms with Crippen molar-refractivity contribution < 1.29 is 14.2 Å². The first-order valence-corrected chi connectivity index (χ1v) is 9.13. The first-order chi connectivity index (χ1) is 12.7. The predicted molar refractivity (Wildman–Crippen MR) is 101 cm³/mol. The van der Waals surface area contributed by atoms with E-state index < -0.39 is 0 Å². The van der Waals surface area contributed by atoms with Crippen molar-refractivity contribution in [2.24, 2.45) is 0 Å². The van der Waals surface area contributed by atoms with Crippen molar-refractivity contribution in [3.05, 3.63) is 65.5 Å². The van der Waals surface area contributed by atoms with Gasteiger partial charge in [0, 0.05) is 50.9 Å². The quantitative estimate of drug-likeness (QED) is 0.826. The Balaban J connectivity index is 1.65. The van der Waals surface area contributed by atoms with Crippen LogP contribution in [-0.4, -0.2) is 54.3 Å². The van der Waals surface area contributed by atoms with Crippen molar-refractivity contribution >= 4 is 0 Å². The molecule has 1 unspecified atom stereocenters. The van der Waals surface area contributed by atoms with Crippen LogP contribution in [0.2, 0.25) is 0 Å². The summed E-state index contributed by atoms with van der Waals surface area (Å²) in [5.41, 5.74) is 1.94. The highest BCUT2D eigenvalue weighted by Gasteiger charge is 2.27. The van der Waals surface area contributed by atoms with Gasteiger partial charge in [0.05, 0.1) is 7.11 Å². The molecule has 140 valence electrons. The van der Waals surface area contributed by atoms with Crippen LogP contribution in [0, 0.1) is 5.82 Å². The molecule has 4 nitrogen and oxygen atoms in total. The third-order valence-electron chi connectivity index (χ3n) is 5.03. The van der Waals surface area contributed by atoms with E-state index in [2.05, 4.69) is 34.1 Å². The zero-order valence-corrected chi connectivity index (χ0v) is 15.3. The molecule has 2 aromatic carbocycles. The number of nitrogens with zero attached hydrogens (tertiary/aromatic N) is 2. The molecule has 3 rings (SSSR count). The number of rotatable bonds is 7. The Kier molecular flexibility index (Phi) is 6.61. The summed E-state index contributed by atoms with van der Waals surface area (Å²) in [5.74, 6) is 0.479. The van der Waals surface area contributed by atoms with Crippen LogP contribution in [0.4, 0.5) is 4.39 Å². The van der Waals surface area contributed by atoms with Gasteiger partial charge in [-0.15, -0.1) is 0 Å². The maximum Gasteiger partial charge on any atom is 0.127 e. The van der Waals surface area contributed by atoms with Gasteiger partial charge in [-0.3, -0.25) is 9.80 Å². The number of aliphatic hydroxyl groups excluding tert-OH is 1. The van der Waals surface area contributed by atoms with Crippen molar-refractivity contribution in [3.63, 3.8) is 0 Å². The van der Waals surface area contributed by atoms with Gasteiger partial charge in [-0.25, -0.2) is 4.39 Å². The minimum atomic E-state index is -0.198. The smallest absolute Gasteiger partial charge is 0.127 e. The average Bonchev–Trinajstić information content (AvgIpc) is 2.66. The third-order valence-corrected chi connectivity index (χ3v) is 5.03. The maximum atomic E-state index is 14.1. The highest BCUT2D eigenvalue weighted by atomic mass is 19.1. The van der Waals surface area contributed by atoms with E-state index in [4.69, 9.17) is 4.74 Å². The van der Waals surface area contributed by atoms with Crippen molar-refractivity contribution in [3.8, 4) is 5.75 Å². The Labute approximate surface area is 154 Å². The molecule has 1 fully saturated rings. The fourth-order valence-electron chi connectivity index (χ4n) is 3.59. The number of piperazine rings is 1. The van der Waals surface area contributed by atoms with Crippen LogP contribution >= 0.6 is 0 Å². The molecule has 0 radical (unpaired) electrons. The van der Waals surface area contributed by atoms with E-state index in [9.17, 15) is 9.50 Å². The van der Waals surface area contributed by atoms with Gasteiger partial charge >= 0.3 is 0 Å². The molecule has 0 aromatic heterocycles. The Bertz CT molecular complexity index is 696. The summed E-state index contributed by atoms with van der Waals surface area (Å²) >= 11 is 0. The largest absolute Gasteiger partial charge is 0.497 e. The first kappa shape index (κ1) is 18.8. The number of hydrogen-bond acceptors (Lipinski definition) is 4. The molecule has 0 saturated carbocycles. The Hall–Kier alpha value is -1.95. The van der Waals surface area contributed by atoms with Crippen molar-refractivity contribution in [1.82, 2.24) is 9.80 Å². The lowest BCUT2D eigenvalue weighted by atomic mass is 10.1. The van der Waals surface area contributed by atoms with Crippen molar-refractivity contribution in [2.45, 2.75) is 25.6 Å². The minimum absolute atomic E-state index is 0.164. The molecule has 26 heavy (non-hydrogen) atoms. The van der Waals surface area contributed by atoms with E-state index in [1.165, 1.54) is 11.6 Å². The molecule has 0 spiro atoms. The molecular formula is C21H27FN2O2. The molecule has 1 aliphatic heterocycles. The zero-order chi connectivity index (χ0) is 18.4. The molecule has 1 saturated heterocycles. The van der Waals surface area contributed by atoms with Crippen LogP contribution in [-0.2, 0) is 13.1 Å². The molecule has 0 aliphatic carbocycles. The first-order valence-electron chi connectivity index (χ1n) is 9.13. The van der Waals surface area contributed by atoms with E-state index in [1.807, 2.05) is 6.07 Å². The predicted octanol–water partition coefficient (Wildman–Crippen LogP) is 2.90. The summed E-state index contributed by atoms with van der Waals surface area (Å²) in [6.07, 6.45) is 0.726. The van der Waals surface area contributed by atoms with E-state index in [0.717, 1.165) is 32.6 Å². The molecule has 1 N–H and O–H groups in total. The summed E-state index contributed by atoms with van der Waals surface area (Å²) in [4.78, 5) is 4.68. The van der Waals surface area contributed by atoms with E-state index in [0.29, 0.717) is 17.9 Å². The zero-order valence-electron chi connectivity index (χ0n) is 15.3. The van der Waals surface area contributed by atoms with Gasteiger partial charge in [0.15, 0.2) is 0 Å². The van der Waals surface area contributed by atoms with Crippen LogP contribution in [0.1, 0.15) is 17.5 Å². The number of methoxy groups -OCH3 is 1. The molecule has 1 atom stereocenters. The number of aliphatic hydroxyl groups is 1. The van der Waals surface area contributed by atoms with E-state index >= 15 is 0 Å². The van der Waals surface area contributed by atoms with Gasteiger partial charge in [-0.1, -0.05) is 30.3 Å². The fourth-order valence-corrected chi connectivity index (χ4v) is 3.59. The highest BCUT2D eigenvalue weighted by molar-refractivity contribution is 5.29. The van der Waals surface area contributed by atoms with Gasteiger partial charge < -0.3 is 9.84 Å². The second kappa shape index (κ2) is 9.12. The molecule has 1 aliphatic rings. The summed E-state index contributed by atoms with van der Waals surface area (Å²) in [5, 5.41) is 9.47. The van der Waals surface area contributed by atoms with E-state index in [1.54, 1.807) is 19.2 Å². The van der Waals surface area contributed by atoms with Gasteiger partial charge in [0.2, 0.25) is 0 Å². The van der Waals surface area contributed by atoms with Crippen LogP contribution in [0.25, 0.3) is 0 Å². The molecule has 2 aromatic rings. The fraction of sp³-hybridized carbons (Fsp3) is 0.429. The summed E-state index contributed by atoms with van der Waals surface area (Å²) in [6.45, 7) is 4.22. The van der Waals surface area contributed by atoms with Crippen LogP contribution in [0.3, 0.4) is 0 Å². The molecule has 5 heteroatoms.